The smallest absolute Gasteiger partial charge is 0.176 e. The maximum absolute atomic E-state index is 5.77. The molecule has 1 aliphatic rings. The van der Waals surface area contributed by atoms with Gasteiger partial charge >= 0.3 is 0 Å². The average molecular weight is 172 g/mol. The molecule has 1 aliphatic heterocycles. The van der Waals surface area contributed by atoms with Gasteiger partial charge in [0, 0.05) is 6.61 Å². The molecule has 1 unspecified atom stereocenters. The summed E-state index contributed by atoms with van der Waals surface area (Å²) in [5, 5.41) is 0. The Morgan fingerprint density at radius 3 is 2.73 bits per heavy atom. The fourth-order valence-corrected chi connectivity index (χ4v) is 4.46. The topological polar surface area (TPSA) is 9.23 Å². The summed E-state index contributed by atoms with van der Waals surface area (Å²) in [7, 11) is -0.682. The molecule has 0 bridgehead atoms. The van der Waals surface area contributed by atoms with Crippen LogP contribution in [0.5, 0.6) is 0 Å². The SMILES string of the molecule is CC(C)CC[SiH]1CCCCO1. The summed E-state index contributed by atoms with van der Waals surface area (Å²) in [6.07, 6.45) is 4.14. The first-order chi connectivity index (χ1) is 5.29. The lowest BCUT2D eigenvalue weighted by Crippen LogP contribution is -2.23. The second-order valence-electron chi connectivity index (χ2n) is 3.96. The molecule has 1 atom stereocenters. The summed E-state index contributed by atoms with van der Waals surface area (Å²) < 4.78 is 5.77. The maximum atomic E-state index is 5.77. The predicted octanol–water partition coefficient (Wildman–Crippen LogP) is 2.57. The zero-order valence-corrected chi connectivity index (χ0v) is 8.96. The monoisotopic (exact) mass is 172 g/mol. The standard InChI is InChI=1S/C9H20OSi/c1-9(2)5-8-11-7-4-3-6-10-11/h9,11H,3-8H2,1-2H3. The molecule has 0 amide bonds. The lowest BCUT2D eigenvalue weighted by molar-refractivity contribution is 0.284. The Balaban J connectivity index is 2.05. The van der Waals surface area contributed by atoms with Crippen molar-refractivity contribution in [1.29, 1.82) is 0 Å². The van der Waals surface area contributed by atoms with Crippen molar-refractivity contribution in [2.24, 2.45) is 5.92 Å². The van der Waals surface area contributed by atoms with Crippen LogP contribution >= 0.6 is 0 Å². The second kappa shape index (κ2) is 4.94. The van der Waals surface area contributed by atoms with Crippen LogP contribution in [0.1, 0.15) is 33.1 Å². The third-order valence-electron chi connectivity index (χ3n) is 2.34. The third kappa shape index (κ3) is 3.92. The van der Waals surface area contributed by atoms with Gasteiger partial charge < -0.3 is 4.43 Å². The Kier molecular flexibility index (Phi) is 4.16. The molecule has 1 fully saturated rings. The molecule has 66 valence electrons. The van der Waals surface area contributed by atoms with E-state index >= 15 is 0 Å². The molecular weight excluding hydrogens is 152 g/mol. The van der Waals surface area contributed by atoms with E-state index < -0.39 is 9.04 Å². The number of rotatable bonds is 3. The lowest BCUT2D eigenvalue weighted by Gasteiger charge is -2.21. The van der Waals surface area contributed by atoms with E-state index in [0.29, 0.717) is 0 Å². The van der Waals surface area contributed by atoms with Crippen molar-refractivity contribution in [1.82, 2.24) is 0 Å². The Morgan fingerprint density at radius 2 is 2.18 bits per heavy atom. The van der Waals surface area contributed by atoms with Crippen LogP contribution in [-0.4, -0.2) is 15.6 Å². The van der Waals surface area contributed by atoms with Gasteiger partial charge in [-0.25, -0.2) is 0 Å². The molecule has 0 saturated carbocycles. The van der Waals surface area contributed by atoms with E-state index in [1.54, 1.807) is 0 Å². The Morgan fingerprint density at radius 1 is 1.36 bits per heavy atom. The van der Waals surface area contributed by atoms with Crippen LogP contribution < -0.4 is 0 Å². The van der Waals surface area contributed by atoms with Gasteiger partial charge in [-0.05, 0) is 24.4 Å². The van der Waals surface area contributed by atoms with E-state index in [1.165, 1.54) is 31.4 Å². The van der Waals surface area contributed by atoms with Gasteiger partial charge in [0.25, 0.3) is 0 Å². The Hall–Kier alpha value is 0.177. The van der Waals surface area contributed by atoms with Gasteiger partial charge in [-0.2, -0.15) is 0 Å². The van der Waals surface area contributed by atoms with Crippen LogP contribution in [-0.2, 0) is 4.43 Å². The van der Waals surface area contributed by atoms with Crippen LogP contribution in [0.4, 0.5) is 0 Å². The van der Waals surface area contributed by atoms with Gasteiger partial charge in [0.2, 0.25) is 0 Å². The zero-order chi connectivity index (χ0) is 8.10. The van der Waals surface area contributed by atoms with Gasteiger partial charge in [-0.1, -0.05) is 26.7 Å². The first-order valence-corrected chi connectivity index (χ1v) is 7.01. The average Bonchev–Trinajstić information content (AvgIpc) is 2.03. The van der Waals surface area contributed by atoms with Crippen molar-refractivity contribution < 1.29 is 4.43 Å². The fraction of sp³-hybridized carbons (Fsp3) is 1.00. The minimum absolute atomic E-state index is 0.682. The molecule has 0 N–H and O–H groups in total. The van der Waals surface area contributed by atoms with Crippen molar-refractivity contribution in [2.75, 3.05) is 6.61 Å². The normalized spacial score (nSPS) is 25.9. The number of hydrogen-bond donors (Lipinski definition) is 0. The van der Waals surface area contributed by atoms with Crippen LogP contribution in [0.25, 0.3) is 0 Å². The van der Waals surface area contributed by atoms with Gasteiger partial charge in [0.15, 0.2) is 9.04 Å². The summed E-state index contributed by atoms with van der Waals surface area (Å²) in [4.78, 5) is 0. The third-order valence-corrected chi connectivity index (χ3v) is 5.08. The molecule has 1 saturated heterocycles. The highest BCUT2D eigenvalue weighted by Crippen LogP contribution is 2.17. The molecule has 1 rings (SSSR count). The van der Waals surface area contributed by atoms with Crippen molar-refractivity contribution in [3.05, 3.63) is 0 Å². The predicted molar refractivity (Wildman–Crippen MR) is 51.4 cm³/mol. The van der Waals surface area contributed by atoms with Gasteiger partial charge in [-0.15, -0.1) is 0 Å². The first kappa shape index (κ1) is 9.27. The van der Waals surface area contributed by atoms with Crippen molar-refractivity contribution in [2.45, 2.75) is 45.2 Å². The van der Waals surface area contributed by atoms with Crippen LogP contribution in [0.3, 0.4) is 0 Å². The zero-order valence-electron chi connectivity index (χ0n) is 7.81. The molecule has 0 aliphatic carbocycles. The fourth-order valence-electron chi connectivity index (χ4n) is 1.55. The van der Waals surface area contributed by atoms with Crippen LogP contribution in [0.15, 0.2) is 0 Å². The minimum atomic E-state index is -0.682. The summed E-state index contributed by atoms with van der Waals surface area (Å²) in [6, 6.07) is 2.85. The van der Waals surface area contributed by atoms with E-state index in [-0.39, 0.29) is 0 Å². The largest absolute Gasteiger partial charge is 0.420 e. The molecule has 0 spiro atoms. The highest BCUT2D eigenvalue weighted by Gasteiger charge is 2.15. The van der Waals surface area contributed by atoms with E-state index in [1.807, 2.05) is 0 Å². The number of hydrogen-bond acceptors (Lipinski definition) is 1. The summed E-state index contributed by atoms with van der Waals surface area (Å²) in [5.41, 5.74) is 0. The van der Waals surface area contributed by atoms with Crippen LogP contribution in [0.2, 0.25) is 12.1 Å². The second-order valence-corrected chi connectivity index (χ2v) is 6.69. The molecular formula is C9H20OSi. The van der Waals surface area contributed by atoms with Gasteiger partial charge in [0.1, 0.15) is 0 Å². The first-order valence-electron chi connectivity index (χ1n) is 4.90. The molecule has 1 heterocycles. The quantitative estimate of drug-likeness (QED) is 0.595. The van der Waals surface area contributed by atoms with Crippen LogP contribution in [0, 0.1) is 5.92 Å². The van der Waals surface area contributed by atoms with Crippen molar-refractivity contribution in [3.63, 3.8) is 0 Å². The highest BCUT2D eigenvalue weighted by atomic mass is 28.3. The Labute approximate surface area is 71.9 Å². The molecule has 0 aromatic heterocycles. The molecule has 0 aromatic rings. The Bertz CT molecular complexity index is 97.7. The molecule has 0 aromatic carbocycles. The minimum Gasteiger partial charge on any atom is -0.420 e. The molecule has 11 heavy (non-hydrogen) atoms. The van der Waals surface area contributed by atoms with E-state index in [4.69, 9.17) is 4.43 Å². The van der Waals surface area contributed by atoms with Crippen molar-refractivity contribution >= 4 is 9.04 Å². The molecule has 0 radical (unpaired) electrons. The summed E-state index contributed by atoms with van der Waals surface area (Å²) in [5.74, 6) is 0.869. The van der Waals surface area contributed by atoms with E-state index in [9.17, 15) is 0 Å². The van der Waals surface area contributed by atoms with Gasteiger partial charge in [0.05, 0.1) is 0 Å². The van der Waals surface area contributed by atoms with E-state index in [0.717, 1.165) is 12.5 Å². The highest BCUT2D eigenvalue weighted by molar-refractivity contribution is 6.51. The lowest BCUT2D eigenvalue weighted by atomic mass is 10.2. The molecule has 1 nitrogen and oxygen atoms in total. The van der Waals surface area contributed by atoms with Crippen molar-refractivity contribution in [3.8, 4) is 0 Å². The summed E-state index contributed by atoms with van der Waals surface area (Å²) in [6.45, 7) is 5.67. The maximum Gasteiger partial charge on any atom is 0.176 e. The van der Waals surface area contributed by atoms with Gasteiger partial charge in [-0.3, -0.25) is 0 Å². The molecule has 2 heteroatoms. The van der Waals surface area contributed by atoms with E-state index in [2.05, 4.69) is 13.8 Å². The summed E-state index contributed by atoms with van der Waals surface area (Å²) >= 11 is 0.